The molecule has 2 aromatic heterocycles. The Balaban J connectivity index is 2.14. The first-order valence-corrected chi connectivity index (χ1v) is 17.5. The Labute approximate surface area is 295 Å². The van der Waals surface area contributed by atoms with E-state index in [2.05, 4.69) is 15.2 Å². The SMILES string of the molecule is CO[C@](C#N)(COP(=O)(N[C@@H](C)C(=O)OCC(C)(C)O)Oc1ccccc1)[C@@H](OC(=O)C(C)C)[C@@H](OC(=O)C(C)C)c1ccc2c(N)ncnn12. The molecule has 0 saturated heterocycles. The highest BCUT2D eigenvalue weighted by molar-refractivity contribution is 7.52. The maximum atomic E-state index is 14.4. The maximum absolute atomic E-state index is 14.4. The molecule has 278 valence electrons. The van der Waals surface area contributed by atoms with Crippen LogP contribution < -0.4 is 15.3 Å². The summed E-state index contributed by atoms with van der Waals surface area (Å²) in [6.45, 7) is 9.16. The summed E-state index contributed by atoms with van der Waals surface area (Å²) in [5, 5.41) is 27.5. The van der Waals surface area contributed by atoms with Crippen molar-refractivity contribution in [3.05, 3.63) is 54.5 Å². The second-order valence-corrected chi connectivity index (χ2v) is 14.6. The predicted octanol–water partition coefficient (Wildman–Crippen LogP) is 3.52. The largest absolute Gasteiger partial charge is 0.461 e. The molecule has 1 aromatic carbocycles. The van der Waals surface area contributed by atoms with E-state index in [4.69, 9.17) is 33.7 Å². The van der Waals surface area contributed by atoms with E-state index in [9.17, 15) is 29.3 Å². The van der Waals surface area contributed by atoms with E-state index in [0.29, 0.717) is 5.52 Å². The van der Waals surface area contributed by atoms with E-state index in [1.807, 2.05) is 6.07 Å². The number of benzene rings is 1. The van der Waals surface area contributed by atoms with Crippen LogP contribution in [-0.2, 0) is 42.4 Å². The molecular weight excluding hydrogens is 687 g/mol. The molecule has 0 aliphatic heterocycles. The van der Waals surface area contributed by atoms with E-state index in [1.165, 1.54) is 43.5 Å². The van der Waals surface area contributed by atoms with Crippen molar-refractivity contribution in [2.24, 2.45) is 11.8 Å². The molecule has 5 atom stereocenters. The summed E-state index contributed by atoms with van der Waals surface area (Å²) in [7, 11) is -3.53. The Hall–Kier alpha value is -4.59. The van der Waals surface area contributed by atoms with Gasteiger partial charge in [-0.1, -0.05) is 45.9 Å². The van der Waals surface area contributed by atoms with Gasteiger partial charge in [-0.2, -0.15) is 15.4 Å². The van der Waals surface area contributed by atoms with Crippen molar-refractivity contribution >= 4 is 37.0 Å². The lowest BCUT2D eigenvalue weighted by Crippen LogP contribution is -2.54. The number of hydrogen-bond acceptors (Lipinski definition) is 15. The highest BCUT2D eigenvalue weighted by Gasteiger charge is 2.53. The molecule has 0 amide bonds. The summed E-state index contributed by atoms with van der Waals surface area (Å²) in [4.78, 5) is 43.2. The summed E-state index contributed by atoms with van der Waals surface area (Å²) in [5.41, 5.74) is 2.79. The average Bonchev–Trinajstić information content (AvgIpc) is 3.51. The molecule has 1 unspecified atom stereocenters. The third kappa shape index (κ3) is 10.7. The summed E-state index contributed by atoms with van der Waals surface area (Å²) in [6.07, 6.45) is -2.21. The van der Waals surface area contributed by atoms with Crippen LogP contribution in [0, 0.1) is 23.2 Å². The van der Waals surface area contributed by atoms with Crippen LogP contribution >= 0.6 is 7.75 Å². The third-order valence-corrected chi connectivity index (χ3v) is 8.83. The van der Waals surface area contributed by atoms with Crippen LogP contribution in [0.3, 0.4) is 0 Å². The molecule has 3 rings (SSSR count). The number of nitrogens with zero attached hydrogens (tertiary/aromatic N) is 4. The fraction of sp³-hybridized carbons (Fsp3) is 0.515. The van der Waals surface area contributed by atoms with Crippen LogP contribution in [0.2, 0.25) is 0 Å². The van der Waals surface area contributed by atoms with Crippen molar-refractivity contribution in [2.45, 2.75) is 77.9 Å². The topological polar surface area (TPSA) is 236 Å². The van der Waals surface area contributed by atoms with Gasteiger partial charge in [0.25, 0.3) is 0 Å². The molecule has 0 saturated carbocycles. The van der Waals surface area contributed by atoms with Crippen molar-refractivity contribution in [3.8, 4) is 11.8 Å². The van der Waals surface area contributed by atoms with E-state index in [1.54, 1.807) is 52.0 Å². The molecule has 2 heterocycles. The third-order valence-electron chi connectivity index (χ3n) is 7.21. The number of hydrogen-bond donors (Lipinski definition) is 3. The number of nitriles is 1. The zero-order valence-electron chi connectivity index (χ0n) is 29.8. The number of aliphatic hydroxyl groups is 1. The number of ether oxygens (including phenoxy) is 4. The normalized spacial score (nSPS) is 16.0. The van der Waals surface area contributed by atoms with Crippen LogP contribution in [0.5, 0.6) is 5.75 Å². The molecule has 0 aliphatic rings. The van der Waals surface area contributed by atoms with Gasteiger partial charge in [-0.3, -0.25) is 18.9 Å². The van der Waals surface area contributed by atoms with Crippen LogP contribution in [0.4, 0.5) is 5.82 Å². The minimum Gasteiger partial charge on any atom is -0.461 e. The minimum absolute atomic E-state index is 0.0637. The van der Waals surface area contributed by atoms with Crippen molar-refractivity contribution in [1.29, 1.82) is 5.26 Å². The molecule has 17 nitrogen and oxygen atoms in total. The summed E-state index contributed by atoms with van der Waals surface area (Å²) in [5.74, 6) is -3.68. The van der Waals surface area contributed by atoms with Crippen LogP contribution in [-0.4, -0.2) is 81.3 Å². The van der Waals surface area contributed by atoms with Gasteiger partial charge in [-0.15, -0.1) is 0 Å². The van der Waals surface area contributed by atoms with Crippen molar-refractivity contribution in [2.75, 3.05) is 26.1 Å². The second-order valence-electron chi connectivity index (χ2n) is 12.9. The van der Waals surface area contributed by atoms with Gasteiger partial charge in [0.05, 0.1) is 23.1 Å². The van der Waals surface area contributed by atoms with Gasteiger partial charge >= 0.3 is 25.7 Å². The van der Waals surface area contributed by atoms with Gasteiger partial charge in [0.15, 0.2) is 18.0 Å². The van der Waals surface area contributed by atoms with Gasteiger partial charge in [-0.25, -0.2) is 14.1 Å². The molecule has 3 aromatic rings. The summed E-state index contributed by atoms with van der Waals surface area (Å²) >= 11 is 0. The Morgan fingerprint density at radius 3 is 2.20 bits per heavy atom. The average molecular weight is 733 g/mol. The first kappa shape index (κ1) is 40.8. The molecule has 18 heteroatoms. The van der Waals surface area contributed by atoms with Gasteiger partial charge in [0.2, 0.25) is 5.60 Å². The Morgan fingerprint density at radius 1 is 1.00 bits per heavy atom. The zero-order valence-corrected chi connectivity index (χ0v) is 30.7. The van der Waals surface area contributed by atoms with Crippen molar-refractivity contribution in [3.63, 3.8) is 0 Å². The minimum atomic E-state index is -4.65. The van der Waals surface area contributed by atoms with Gasteiger partial charge in [-0.05, 0) is 45.0 Å². The summed E-state index contributed by atoms with van der Waals surface area (Å²) < 4.78 is 49.9. The smallest absolute Gasteiger partial charge is 0.459 e. The molecular formula is C33H45N6O11P. The number of anilines is 1. The molecule has 0 bridgehead atoms. The number of fused-ring (bicyclic) bond motifs is 1. The van der Waals surface area contributed by atoms with Gasteiger partial charge in [0, 0.05) is 7.11 Å². The maximum Gasteiger partial charge on any atom is 0.459 e. The van der Waals surface area contributed by atoms with E-state index in [-0.39, 0.29) is 23.9 Å². The Morgan fingerprint density at radius 2 is 1.63 bits per heavy atom. The highest BCUT2D eigenvalue weighted by atomic mass is 31.2. The molecule has 4 N–H and O–H groups in total. The first-order chi connectivity index (χ1) is 23.8. The number of para-hydroxylation sites is 1. The van der Waals surface area contributed by atoms with E-state index in [0.717, 1.165) is 13.4 Å². The van der Waals surface area contributed by atoms with E-state index < -0.39 is 73.5 Å². The molecule has 51 heavy (non-hydrogen) atoms. The molecule has 0 spiro atoms. The standard InChI is InChI=1S/C33H45N6O11P/c1-20(2)29(40)48-26(24-14-15-25-28(35)36-19-37-39(24)25)27(49-30(41)21(3)4)33(16-34,45-8)18-47-51(44,50-23-12-10-9-11-13-23)38-22(5)31(42)46-17-32(6,7)43/h9-15,19-22,26-27,43H,17-18H2,1-8H3,(H,38,44)(H2,35,36,37)/t22-,26-,27-,33+,51?/m0/s1. The summed E-state index contributed by atoms with van der Waals surface area (Å²) in [6, 6.07) is 11.5. The number of methoxy groups -OCH3 is 1. The number of esters is 3. The number of nitrogen functional groups attached to an aromatic ring is 1. The van der Waals surface area contributed by atoms with Crippen LogP contribution in [0.15, 0.2) is 48.8 Å². The lowest BCUT2D eigenvalue weighted by Gasteiger charge is -2.38. The van der Waals surface area contributed by atoms with E-state index >= 15 is 0 Å². The Kier molecular flexibility index (Phi) is 13.7. The molecule has 0 aliphatic carbocycles. The van der Waals surface area contributed by atoms with Crippen LogP contribution in [0.1, 0.15) is 60.3 Å². The lowest BCUT2D eigenvalue weighted by molar-refractivity contribution is -0.197. The second kappa shape index (κ2) is 17.1. The number of carbonyl (C=O) groups excluding carboxylic acids is 3. The number of nitrogens with two attached hydrogens (primary N) is 1. The quantitative estimate of drug-likeness (QED) is 0.0963. The predicted molar refractivity (Wildman–Crippen MR) is 182 cm³/mol. The van der Waals surface area contributed by atoms with Crippen LogP contribution in [0.25, 0.3) is 5.52 Å². The lowest BCUT2D eigenvalue weighted by atomic mass is 9.92. The number of aromatic nitrogens is 3. The number of carbonyl (C=O) groups is 3. The number of rotatable bonds is 18. The first-order valence-electron chi connectivity index (χ1n) is 16.0. The Bertz CT molecular complexity index is 1750. The van der Waals surface area contributed by atoms with Gasteiger partial charge in [0.1, 0.15) is 42.9 Å². The molecule has 0 radical (unpaired) electrons. The fourth-order valence-corrected chi connectivity index (χ4v) is 5.86. The highest BCUT2D eigenvalue weighted by Crippen LogP contribution is 2.47. The molecule has 0 fully saturated rings. The zero-order chi connectivity index (χ0) is 38.1. The van der Waals surface area contributed by atoms with Crippen molar-refractivity contribution < 1.29 is 52.1 Å². The number of nitrogens with one attached hydrogen (secondary N) is 1. The monoisotopic (exact) mass is 732 g/mol. The van der Waals surface area contributed by atoms with Crippen molar-refractivity contribution in [1.82, 2.24) is 19.7 Å². The van der Waals surface area contributed by atoms with Gasteiger partial charge < -0.3 is 34.3 Å². The fourth-order valence-electron chi connectivity index (χ4n) is 4.34.